The van der Waals surface area contributed by atoms with Gasteiger partial charge < -0.3 is 9.67 Å². The summed E-state index contributed by atoms with van der Waals surface area (Å²) in [4.78, 5) is 0. The van der Waals surface area contributed by atoms with Gasteiger partial charge in [0.25, 0.3) is 0 Å². The maximum absolute atomic E-state index is 9.51. The van der Waals surface area contributed by atoms with Gasteiger partial charge in [0.05, 0.1) is 10.1 Å². The monoisotopic (exact) mass is 267 g/mol. The molecule has 3 heteroatoms. The molecule has 2 nitrogen and oxygen atoms in total. The van der Waals surface area contributed by atoms with Crippen LogP contribution in [0.5, 0.6) is 5.75 Å². The number of phenolic OH excluding ortho intramolecular Hbond substituents is 1. The molecule has 0 amide bonds. The number of halogens is 1. The first-order valence-corrected chi connectivity index (χ1v) is 5.80. The second-order valence-electron chi connectivity index (χ2n) is 4.08. The fourth-order valence-corrected chi connectivity index (χ4v) is 2.75. The highest BCUT2D eigenvalue weighted by atomic mass is 79.9. The van der Waals surface area contributed by atoms with Gasteiger partial charge in [0.2, 0.25) is 0 Å². The topological polar surface area (TPSA) is 25.2 Å². The first kappa shape index (κ1) is 10.6. The van der Waals surface area contributed by atoms with Crippen LogP contribution in [0.1, 0.15) is 25.5 Å². The molecule has 0 bridgehead atoms. The summed E-state index contributed by atoms with van der Waals surface area (Å²) in [5.74, 6) is 0.314. The van der Waals surface area contributed by atoms with Gasteiger partial charge in [0.1, 0.15) is 5.75 Å². The molecule has 1 aromatic carbocycles. The van der Waals surface area contributed by atoms with E-state index in [9.17, 15) is 5.11 Å². The van der Waals surface area contributed by atoms with E-state index in [1.54, 1.807) is 6.07 Å². The number of hydrogen-bond acceptors (Lipinski definition) is 1. The van der Waals surface area contributed by atoms with Crippen LogP contribution >= 0.6 is 15.9 Å². The molecule has 0 aliphatic heterocycles. The van der Waals surface area contributed by atoms with Crippen LogP contribution in [0.25, 0.3) is 10.9 Å². The van der Waals surface area contributed by atoms with E-state index in [0.29, 0.717) is 11.8 Å². The van der Waals surface area contributed by atoms with E-state index in [1.807, 2.05) is 12.1 Å². The Morgan fingerprint density at radius 2 is 2.00 bits per heavy atom. The van der Waals surface area contributed by atoms with E-state index in [0.717, 1.165) is 10.1 Å². The Hall–Kier alpha value is -0.960. The van der Waals surface area contributed by atoms with Crippen molar-refractivity contribution in [3.05, 3.63) is 28.4 Å². The summed E-state index contributed by atoms with van der Waals surface area (Å²) in [5.41, 5.74) is 2.30. The third kappa shape index (κ3) is 1.55. The number of hydrogen-bond donors (Lipinski definition) is 1. The smallest absolute Gasteiger partial charge is 0.117 e. The van der Waals surface area contributed by atoms with Crippen molar-refractivity contribution >= 4 is 26.8 Å². The lowest BCUT2D eigenvalue weighted by atomic mass is 10.2. The Labute approximate surface area is 97.7 Å². The number of benzene rings is 1. The quantitative estimate of drug-likeness (QED) is 0.830. The van der Waals surface area contributed by atoms with Crippen LogP contribution in [0.15, 0.2) is 22.8 Å². The highest BCUT2D eigenvalue weighted by Crippen LogP contribution is 2.34. The molecule has 2 rings (SSSR count). The minimum absolute atomic E-state index is 0.314. The number of nitrogens with zero attached hydrogens (tertiary/aromatic N) is 1. The summed E-state index contributed by atoms with van der Waals surface area (Å²) in [6, 6.07) is 5.88. The van der Waals surface area contributed by atoms with Gasteiger partial charge in [-0.2, -0.15) is 0 Å². The second-order valence-corrected chi connectivity index (χ2v) is 4.83. The largest absolute Gasteiger partial charge is 0.508 e. The highest BCUT2D eigenvalue weighted by Gasteiger charge is 2.14. The number of aromatic hydroxyl groups is 1. The summed E-state index contributed by atoms with van der Waals surface area (Å²) >= 11 is 3.60. The second kappa shape index (κ2) is 3.56. The maximum atomic E-state index is 9.51. The Morgan fingerprint density at radius 3 is 2.60 bits per heavy atom. The van der Waals surface area contributed by atoms with Crippen molar-refractivity contribution in [1.29, 1.82) is 0 Å². The van der Waals surface area contributed by atoms with Gasteiger partial charge in [-0.1, -0.05) is 0 Å². The molecule has 0 aliphatic carbocycles. The van der Waals surface area contributed by atoms with Gasteiger partial charge in [0, 0.05) is 17.5 Å². The van der Waals surface area contributed by atoms with Crippen molar-refractivity contribution in [2.45, 2.75) is 26.8 Å². The summed E-state index contributed by atoms with van der Waals surface area (Å²) in [6.45, 7) is 6.35. The van der Waals surface area contributed by atoms with Crippen LogP contribution in [0.2, 0.25) is 0 Å². The Balaban J connectivity index is 2.88. The standard InChI is InChI=1S/C12H14BrNO/c1-7(2)14-11-6-9(15)4-5-10(11)8(3)12(14)13/h4-7,15H,1-3H3. The van der Waals surface area contributed by atoms with Crippen LogP contribution in [-0.2, 0) is 0 Å². The lowest BCUT2D eigenvalue weighted by molar-refractivity contribution is 0.475. The molecule has 1 aromatic heterocycles. The van der Waals surface area contributed by atoms with Crippen molar-refractivity contribution in [2.24, 2.45) is 0 Å². The van der Waals surface area contributed by atoms with Crippen LogP contribution in [0.4, 0.5) is 0 Å². The van der Waals surface area contributed by atoms with Crippen LogP contribution in [-0.4, -0.2) is 9.67 Å². The zero-order chi connectivity index (χ0) is 11.2. The molecule has 0 atom stereocenters. The number of aromatic nitrogens is 1. The van der Waals surface area contributed by atoms with Crippen molar-refractivity contribution in [2.75, 3.05) is 0 Å². The van der Waals surface area contributed by atoms with Crippen LogP contribution < -0.4 is 0 Å². The van der Waals surface area contributed by atoms with Gasteiger partial charge in [-0.3, -0.25) is 0 Å². The molecular formula is C12H14BrNO. The van der Waals surface area contributed by atoms with Gasteiger partial charge in [0.15, 0.2) is 0 Å². The summed E-state index contributed by atoms with van der Waals surface area (Å²) in [6.07, 6.45) is 0. The number of fused-ring (bicyclic) bond motifs is 1. The summed E-state index contributed by atoms with van der Waals surface area (Å²) in [7, 11) is 0. The van der Waals surface area contributed by atoms with Crippen LogP contribution in [0.3, 0.4) is 0 Å². The first-order valence-electron chi connectivity index (χ1n) is 5.01. The lowest BCUT2D eigenvalue weighted by Gasteiger charge is -2.11. The Kier molecular flexibility index (Phi) is 2.51. The Bertz CT molecular complexity index is 514. The van der Waals surface area contributed by atoms with Crippen molar-refractivity contribution in [3.8, 4) is 5.75 Å². The fourth-order valence-electron chi connectivity index (χ4n) is 1.94. The van der Waals surface area contributed by atoms with E-state index in [2.05, 4.69) is 41.3 Å². The SMILES string of the molecule is Cc1c(Br)n(C(C)C)c2cc(O)ccc12. The Morgan fingerprint density at radius 1 is 1.33 bits per heavy atom. The highest BCUT2D eigenvalue weighted by molar-refractivity contribution is 9.10. The third-order valence-electron chi connectivity index (χ3n) is 2.68. The zero-order valence-electron chi connectivity index (χ0n) is 9.08. The summed E-state index contributed by atoms with van der Waals surface area (Å²) < 4.78 is 3.28. The van der Waals surface area contributed by atoms with Crippen molar-refractivity contribution < 1.29 is 5.11 Å². The molecular weight excluding hydrogens is 254 g/mol. The molecule has 0 saturated heterocycles. The lowest BCUT2D eigenvalue weighted by Crippen LogP contribution is -2.00. The first-order chi connectivity index (χ1) is 7.02. The molecule has 0 spiro atoms. The zero-order valence-corrected chi connectivity index (χ0v) is 10.7. The molecule has 2 aromatic rings. The fraction of sp³-hybridized carbons (Fsp3) is 0.333. The predicted molar refractivity (Wildman–Crippen MR) is 66.4 cm³/mol. The molecule has 0 radical (unpaired) electrons. The molecule has 1 heterocycles. The molecule has 1 N–H and O–H groups in total. The van der Waals surface area contributed by atoms with E-state index in [4.69, 9.17) is 0 Å². The molecule has 0 saturated carbocycles. The maximum Gasteiger partial charge on any atom is 0.117 e. The van der Waals surface area contributed by atoms with Crippen molar-refractivity contribution in [1.82, 2.24) is 4.57 Å². The van der Waals surface area contributed by atoms with Gasteiger partial charge in [-0.05, 0) is 54.4 Å². The minimum atomic E-state index is 0.314. The van der Waals surface area contributed by atoms with Gasteiger partial charge in [-0.25, -0.2) is 0 Å². The van der Waals surface area contributed by atoms with E-state index in [1.165, 1.54) is 10.9 Å². The van der Waals surface area contributed by atoms with Crippen molar-refractivity contribution in [3.63, 3.8) is 0 Å². The number of phenols is 1. The van der Waals surface area contributed by atoms with E-state index < -0.39 is 0 Å². The van der Waals surface area contributed by atoms with Crippen LogP contribution in [0, 0.1) is 6.92 Å². The molecule has 0 unspecified atom stereocenters. The average molecular weight is 268 g/mol. The average Bonchev–Trinajstić information content (AvgIpc) is 2.39. The molecule has 0 fully saturated rings. The normalized spacial score (nSPS) is 11.5. The minimum Gasteiger partial charge on any atom is -0.508 e. The van der Waals surface area contributed by atoms with Gasteiger partial charge >= 0.3 is 0 Å². The number of rotatable bonds is 1. The number of aryl methyl sites for hydroxylation is 1. The molecule has 15 heavy (non-hydrogen) atoms. The summed E-state index contributed by atoms with van der Waals surface area (Å²) in [5, 5.41) is 10.7. The van der Waals surface area contributed by atoms with Gasteiger partial charge in [-0.15, -0.1) is 0 Å². The molecule has 80 valence electrons. The molecule has 0 aliphatic rings. The van der Waals surface area contributed by atoms with E-state index in [-0.39, 0.29) is 0 Å². The van der Waals surface area contributed by atoms with E-state index >= 15 is 0 Å². The third-order valence-corrected chi connectivity index (χ3v) is 3.66. The predicted octanol–water partition coefficient (Wildman–Crippen LogP) is 4.00.